The van der Waals surface area contributed by atoms with Crippen LogP contribution < -0.4 is 0 Å². The van der Waals surface area contributed by atoms with Crippen molar-refractivity contribution < 1.29 is 14.3 Å². The SMILES string of the molecule is O=C(O)c1cc(-n2c(-c3ccccc3)cc3c2CCCC3)co1. The first-order valence-corrected chi connectivity index (χ1v) is 7.85. The number of furan rings is 1. The Balaban J connectivity index is 1.92. The van der Waals surface area contributed by atoms with Crippen LogP contribution in [0.1, 0.15) is 34.7 Å². The van der Waals surface area contributed by atoms with E-state index in [1.165, 1.54) is 23.9 Å². The summed E-state index contributed by atoms with van der Waals surface area (Å²) in [6, 6.07) is 14.0. The Hall–Kier alpha value is -2.75. The first kappa shape index (κ1) is 13.9. The summed E-state index contributed by atoms with van der Waals surface area (Å²) >= 11 is 0. The van der Waals surface area contributed by atoms with Crippen LogP contribution >= 0.6 is 0 Å². The van der Waals surface area contributed by atoms with Crippen molar-refractivity contribution in [2.24, 2.45) is 0 Å². The lowest BCUT2D eigenvalue weighted by Gasteiger charge is -2.16. The third-order valence-electron chi connectivity index (χ3n) is 4.43. The molecule has 0 saturated heterocycles. The van der Waals surface area contributed by atoms with Crippen molar-refractivity contribution in [1.82, 2.24) is 4.57 Å². The van der Waals surface area contributed by atoms with Crippen LogP contribution in [-0.4, -0.2) is 15.6 Å². The lowest BCUT2D eigenvalue weighted by Crippen LogP contribution is -2.07. The molecule has 23 heavy (non-hydrogen) atoms. The fourth-order valence-electron chi connectivity index (χ4n) is 3.37. The molecule has 4 rings (SSSR count). The molecule has 0 atom stereocenters. The van der Waals surface area contributed by atoms with Gasteiger partial charge in [-0.25, -0.2) is 4.79 Å². The van der Waals surface area contributed by atoms with Crippen LogP contribution in [0.3, 0.4) is 0 Å². The summed E-state index contributed by atoms with van der Waals surface area (Å²) in [7, 11) is 0. The molecule has 0 unspecified atom stereocenters. The number of aromatic nitrogens is 1. The maximum Gasteiger partial charge on any atom is 0.371 e. The van der Waals surface area contributed by atoms with Crippen molar-refractivity contribution >= 4 is 5.97 Å². The van der Waals surface area contributed by atoms with Crippen LogP contribution in [0.25, 0.3) is 16.9 Å². The average molecular weight is 307 g/mol. The number of carboxylic acids is 1. The molecule has 2 heterocycles. The van der Waals surface area contributed by atoms with Gasteiger partial charge in [-0.05, 0) is 42.9 Å². The summed E-state index contributed by atoms with van der Waals surface area (Å²) in [5.74, 6) is -1.07. The van der Waals surface area contributed by atoms with E-state index in [2.05, 4.69) is 22.8 Å². The van der Waals surface area contributed by atoms with E-state index in [-0.39, 0.29) is 5.76 Å². The Morgan fingerprint density at radius 3 is 2.61 bits per heavy atom. The van der Waals surface area contributed by atoms with Crippen molar-refractivity contribution in [1.29, 1.82) is 0 Å². The van der Waals surface area contributed by atoms with Gasteiger partial charge >= 0.3 is 5.97 Å². The third kappa shape index (κ3) is 2.36. The molecule has 0 saturated carbocycles. The second kappa shape index (κ2) is 5.47. The predicted molar refractivity (Wildman–Crippen MR) is 87.1 cm³/mol. The van der Waals surface area contributed by atoms with Crippen molar-refractivity contribution in [3.8, 4) is 16.9 Å². The zero-order valence-electron chi connectivity index (χ0n) is 12.7. The molecule has 1 N–H and O–H groups in total. The highest BCUT2D eigenvalue weighted by atomic mass is 16.4. The van der Waals surface area contributed by atoms with Crippen LogP contribution in [0.15, 0.2) is 53.1 Å². The molecule has 0 aliphatic heterocycles. The highest BCUT2D eigenvalue weighted by Gasteiger charge is 2.22. The summed E-state index contributed by atoms with van der Waals surface area (Å²) in [6.45, 7) is 0. The minimum Gasteiger partial charge on any atom is -0.475 e. The van der Waals surface area contributed by atoms with Gasteiger partial charge < -0.3 is 14.1 Å². The minimum atomic E-state index is -1.04. The lowest BCUT2D eigenvalue weighted by molar-refractivity contribution is 0.0662. The zero-order chi connectivity index (χ0) is 15.8. The van der Waals surface area contributed by atoms with Gasteiger partial charge in [-0.2, -0.15) is 0 Å². The Morgan fingerprint density at radius 2 is 1.87 bits per heavy atom. The summed E-state index contributed by atoms with van der Waals surface area (Å²) in [5.41, 5.74) is 5.63. The normalized spacial score (nSPS) is 13.7. The van der Waals surface area contributed by atoms with Gasteiger partial charge in [0.05, 0.1) is 11.4 Å². The van der Waals surface area contributed by atoms with Crippen molar-refractivity contribution in [3.05, 3.63) is 65.7 Å². The van der Waals surface area contributed by atoms with Gasteiger partial charge in [0.15, 0.2) is 0 Å². The van der Waals surface area contributed by atoms with E-state index in [1.54, 1.807) is 6.07 Å². The number of aryl methyl sites for hydroxylation is 1. The van der Waals surface area contributed by atoms with E-state index in [0.717, 1.165) is 36.2 Å². The molecule has 4 nitrogen and oxygen atoms in total. The number of fused-ring (bicyclic) bond motifs is 1. The molecule has 0 amide bonds. The van der Waals surface area contributed by atoms with Gasteiger partial charge in [0.2, 0.25) is 5.76 Å². The number of nitrogens with zero attached hydrogens (tertiary/aromatic N) is 1. The van der Waals surface area contributed by atoms with Gasteiger partial charge in [-0.3, -0.25) is 0 Å². The molecule has 4 heteroatoms. The number of carbonyl (C=O) groups is 1. The quantitative estimate of drug-likeness (QED) is 0.784. The molecule has 2 aromatic heterocycles. The Labute approximate surface area is 134 Å². The van der Waals surface area contributed by atoms with Gasteiger partial charge in [0, 0.05) is 11.8 Å². The molecule has 116 valence electrons. The number of carboxylic acid groups (broad SMARTS) is 1. The second-order valence-electron chi connectivity index (χ2n) is 5.88. The topological polar surface area (TPSA) is 55.4 Å². The molecular weight excluding hydrogens is 290 g/mol. The molecule has 0 radical (unpaired) electrons. The van der Waals surface area contributed by atoms with Gasteiger partial charge in [-0.15, -0.1) is 0 Å². The van der Waals surface area contributed by atoms with E-state index in [1.807, 2.05) is 18.2 Å². The zero-order valence-corrected chi connectivity index (χ0v) is 12.7. The van der Waals surface area contributed by atoms with E-state index >= 15 is 0 Å². The Morgan fingerprint density at radius 1 is 1.09 bits per heavy atom. The van der Waals surface area contributed by atoms with Crippen LogP contribution in [0.2, 0.25) is 0 Å². The fraction of sp³-hybridized carbons (Fsp3) is 0.211. The van der Waals surface area contributed by atoms with Crippen molar-refractivity contribution in [2.45, 2.75) is 25.7 Å². The highest BCUT2D eigenvalue weighted by molar-refractivity contribution is 5.85. The number of benzene rings is 1. The molecule has 1 aliphatic rings. The van der Waals surface area contributed by atoms with Gasteiger partial charge in [-0.1, -0.05) is 30.3 Å². The summed E-state index contributed by atoms with van der Waals surface area (Å²) in [5, 5.41) is 9.12. The largest absolute Gasteiger partial charge is 0.475 e. The maximum atomic E-state index is 11.1. The van der Waals surface area contributed by atoms with Crippen LogP contribution in [0.5, 0.6) is 0 Å². The first-order chi connectivity index (χ1) is 11.2. The highest BCUT2D eigenvalue weighted by Crippen LogP contribution is 2.34. The average Bonchev–Trinajstić information content (AvgIpc) is 3.20. The van der Waals surface area contributed by atoms with Crippen LogP contribution in [0, 0.1) is 0 Å². The lowest BCUT2D eigenvalue weighted by atomic mass is 9.98. The van der Waals surface area contributed by atoms with Crippen LogP contribution in [0.4, 0.5) is 0 Å². The van der Waals surface area contributed by atoms with Crippen molar-refractivity contribution in [2.75, 3.05) is 0 Å². The summed E-state index contributed by atoms with van der Waals surface area (Å²) in [4.78, 5) is 11.1. The molecule has 1 aliphatic carbocycles. The first-order valence-electron chi connectivity index (χ1n) is 7.85. The fourth-order valence-corrected chi connectivity index (χ4v) is 3.37. The molecular formula is C19H17NO3. The number of hydrogen-bond donors (Lipinski definition) is 1. The molecule has 0 bridgehead atoms. The van der Waals surface area contributed by atoms with E-state index < -0.39 is 5.97 Å². The Bertz CT molecular complexity index is 858. The Kier molecular flexibility index (Phi) is 3.30. The van der Waals surface area contributed by atoms with E-state index in [4.69, 9.17) is 9.52 Å². The molecule has 3 aromatic rings. The maximum absolute atomic E-state index is 11.1. The summed E-state index contributed by atoms with van der Waals surface area (Å²) < 4.78 is 7.36. The molecule has 0 spiro atoms. The smallest absolute Gasteiger partial charge is 0.371 e. The molecule has 1 aromatic carbocycles. The number of hydrogen-bond acceptors (Lipinski definition) is 2. The summed E-state index contributed by atoms with van der Waals surface area (Å²) in [6.07, 6.45) is 5.98. The predicted octanol–water partition coefficient (Wildman–Crippen LogP) is 4.31. The molecule has 0 fully saturated rings. The van der Waals surface area contributed by atoms with Gasteiger partial charge in [0.25, 0.3) is 0 Å². The van der Waals surface area contributed by atoms with Crippen molar-refractivity contribution in [3.63, 3.8) is 0 Å². The van der Waals surface area contributed by atoms with E-state index in [0.29, 0.717) is 0 Å². The van der Waals surface area contributed by atoms with Crippen LogP contribution in [-0.2, 0) is 12.8 Å². The standard InChI is InChI=1S/C19H17NO3/c21-19(22)18-11-15(12-23-18)20-16-9-5-4-8-14(16)10-17(20)13-6-2-1-3-7-13/h1-3,6-7,10-12H,4-5,8-9H2,(H,21,22). The monoisotopic (exact) mass is 307 g/mol. The van der Waals surface area contributed by atoms with E-state index in [9.17, 15) is 4.79 Å². The minimum absolute atomic E-state index is 0.0303. The third-order valence-corrected chi connectivity index (χ3v) is 4.43. The number of aromatic carboxylic acids is 1. The van der Waals surface area contributed by atoms with Gasteiger partial charge in [0.1, 0.15) is 6.26 Å². The number of rotatable bonds is 3. The second-order valence-corrected chi connectivity index (χ2v) is 5.88.